The van der Waals surface area contributed by atoms with Crippen molar-refractivity contribution in [2.24, 2.45) is 5.73 Å². The number of benzene rings is 2. The van der Waals surface area contributed by atoms with E-state index in [-0.39, 0.29) is 22.6 Å². The van der Waals surface area contributed by atoms with Crippen LogP contribution in [-0.4, -0.2) is 61.7 Å². The number of anilines is 1. The zero-order valence-electron chi connectivity index (χ0n) is 20.5. The molecule has 1 saturated heterocycles. The number of carbonyl (C=O) groups is 1. The first-order chi connectivity index (χ1) is 17.1. The fourth-order valence-electron chi connectivity index (χ4n) is 4.66. The number of rotatable bonds is 5. The van der Waals surface area contributed by atoms with E-state index in [1.807, 2.05) is 11.0 Å². The lowest BCUT2D eigenvalue weighted by atomic mass is 9.99. The fraction of sp³-hybridized carbons (Fsp3) is 0.400. The Hall–Kier alpha value is -3.60. The van der Waals surface area contributed by atoms with Crippen LogP contribution < -0.4 is 14.8 Å². The molecule has 0 saturated carbocycles. The first-order valence-corrected chi connectivity index (χ1v) is 13.3. The molecule has 0 unspecified atom stereocenters. The highest BCUT2D eigenvalue weighted by Crippen LogP contribution is 2.30. The monoisotopic (exact) mass is 512 g/mol. The van der Waals surface area contributed by atoms with Crippen LogP contribution in [0, 0.1) is 10.8 Å². The third-order valence-corrected chi connectivity index (χ3v) is 8.46. The minimum Gasteiger partial charge on any atom is -0.490 e. The Bertz CT molecular complexity index is 1270. The molecule has 2 aromatic carbocycles. The number of carbonyl (C=O) groups excluding carboxylic acids is 1. The summed E-state index contributed by atoms with van der Waals surface area (Å²) in [7, 11) is -4.16. The average molecular weight is 513 g/mol. The number of ether oxygens (including phenoxy) is 1. The highest BCUT2D eigenvalue weighted by Gasteiger charge is 2.30. The van der Waals surface area contributed by atoms with Gasteiger partial charge in [0.15, 0.2) is 5.96 Å². The Balaban J connectivity index is 1.52. The van der Waals surface area contributed by atoms with E-state index in [0.29, 0.717) is 31.1 Å². The van der Waals surface area contributed by atoms with E-state index in [2.05, 4.69) is 0 Å². The Morgan fingerprint density at radius 1 is 1.00 bits per heavy atom. The first-order valence-electron chi connectivity index (χ1n) is 11.9. The minimum absolute atomic E-state index is 0.00170. The second kappa shape index (κ2) is 10.2. The number of hydrogen-bond acceptors (Lipinski definition) is 6. The van der Waals surface area contributed by atoms with Gasteiger partial charge >= 0.3 is 0 Å². The summed E-state index contributed by atoms with van der Waals surface area (Å²) in [6, 6.07) is 11.3. The Morgan fingerprint density at radius 2 is 1.67 bits per heavy atom. The van der Waals surface area contributed by atoms with E-state index in [4.69, 9.17) is 21.3 Å². The third kappa shape index (κ3) is 5.30. The second-order valence-corrected chi connectivity index (χ2v) is 10.9. The summed E-state index contributed by atoms with van der Waals surface area (Å²) >= 11 is 0. The van der Waals surface area contributed by atoms with Gasteiger partial charge in [0, 0.05) is 45.9 Å². The molecule has 2 aromatic rings. The highest BCUT2D eigenvalue weighted by atomic mass is 32.2. The summed E-state index contributed by atoms with van der Waals surface area (Å²) in [5.74, 6) is 0.446. The van der Waals surface area contributed by atoms with Crippen molar-refractivity contribution < 1.29 is 17.9 Å². The fourth-order valence-corrected chi connectivity index (χ4v) is 6.08. The zero-order chi connectivity index (χ0) is 26.0. The molecule has 0 spiro atoms. The summed E-state index contributed by atoms with van der Waals surface area (Å²) in [5, 5.41) is 15.4. The molecule has 2 aliphatic rings. The number of amidine groups is 1. The zero-order valence-corrected chi connectivity index (χ0v) is 21.3. The van der Waals surface area contributed by atoms with Crippen LogP contribution in [0.1, 0.15) is 37.8 Å². The summed E-state index contributed by atoms with van der Waals surface area (Å²) in [6.45, 7) is 5.51. The van der Waals surface area contributed by atoms with Crippen LogP contribution in [0.15, 0.2) is 47.4 Å². The Morgan fingerprint density at radius 3 is 2.25 bits per heavy atom. The molecule has 2 heterocycles. The van der Waals surface area contributed by atoms with Gasteiger partial charge in [-0.3, -0.25) is 15.6 Å². The minimum atomic E-state index is -4.16. The lowest BCUT2D eigenvalue weighted by Crippen LogP contribution is -2.40. The molecule has 0 bridgehead atoms. The van der Waals surface area contributed by atoms with E-state index in [1.54, 1.807) is 36.1 Å². The van der Waals surface area contributed by atoms with Crippen molar-refractivity contribution in [3.63, 3.8) is 0 Å². The molecule has 4 rings (SSSR count). The van der Waals surface area contributed by atoms with Gasteiger partial charge in [0.05, 0.1) is 16.4 Å². The number of hydrogen-bond donors (Lipinski definition) is 3. The topological polar surface area (TPSA) is 144 Å². The van der Waals surface area contributed by atoms with Gasteiger partial charge in [-0.15, -0.1) is 0 Å². The number of likely N-dealkylation sites (tertiary alicyclic amines) is 1. The number of nitrogens with two attached hydrogens (primary N) is 1. The van der Waals surface area contributed by atoms with Crippen molar-refractivity contribution >= 4 is 33.4 Å². The van der Waals surface area contributed by atoms with Gasteiger partial charge in [-0.05, 0) is 60.9 Å². The average Bonchev–Trinajstić information content (AvgIpc) is 2.84. The highest BCUT2D eigenvalue weighted by molar-refractivity contribution is 7.93. The predicted octanol–water partition coefficient (Wildman–Crippen LogP) is 2.52. The number of amides is 1. The van der Waals surface area contributed by atoms with Gasteiger partial charge in [-0.25, -0.2) is 12.7 Å². The normalized spacial score (nSPS) is 16.3. The number of sulfonamides is 1. The Labute approximate surface area is 211 Å². The summed E-state index contributed by atoms with van der Waals surface area (Å²) in [5.41, 5.74) is 7.76. The molecule has 4 N–H and O–H groups in total. The van der Waals surface area contributed by atoms with Gasteiger partial charge in [-0.2, -0.15) is 0 Å². The van der Waals surface area contributed by atoms with Crippen LogP contribution in [0.3, 0.4) is 0 Å². The molecular weight excluding hydrogens is 480 g/mol. The maximum Gasteiger partial charge on any atom is 0.270 e. The van der Waals surface area contributed by atoms with E-state index < -0.39 is 15.9 Å². The largest absolute Gasteiger partial charge is 0.490 e. The number of nitrogens with one attached hydrogen (secondary N) is 2. The Kier molecular flexibility index (Phi) is 7.21. The van der Waals surface area contributed by atoms with Crippen molar-refractivity contribution in [3.05, 3.63) is 53.6 Å². The predicted molar refractivity (Wildman–Crippen MR) is 138 cm³/mol. The molecule has 1 amide bonds. The van der Waals surface area contributed by atoms with Crippen LogP contribution in [0.5, 0.6) is 5.75 Å². The molecule has 2 aliphatic heterocycles. The second-order valence-electron chi connectivity index (χ2n) is 9.16. The van der Waals surface area contributed by atoms with E-state index in [0.717, 1.165) is 41.4 Å². The van der Waals surface area contributed by atoms with Crippen molar-refractivity contribution in [3.8, 4) is 5.75 Å². The molecular formula is C25H32N6O4S. The number of piperidine rings is 1. The maximum absolute atomic E-state index is 13.5. The molecule has 0 radical (unpaired) electrons. The van der Waals surface area contributed by atoms with Crippen LogP contribution in [0.4, 0.5) is 5.69 Å². The lowest BCUT2D eigenvalue weighted by Gasteiger charge is -2.32. The van der Waals surface area contributed by atoms with E-state index in [9.17, 15) is 13.2 Å². The van der Waals surface area contributed by atoms with Crippen LogP contribution in [0.2, 0.25) is 0 Å². The molecule has 36 heavy (non-hydrogen) atoms. The van der Waals surface area contributed by atoms with Crippen LogP contribution in [-0.2, 0) is 27.8 Å². The van der Waals surface area contributed by atoms with Crippen molar-refractivity contribution in [2.45, 2.75) is 50.7 Å². The smallest absolute Gasteiger partial charge is 0.270 e. The molecule has 0 aromatic heterocycles. The number of nitrogens with zero attached hydrogens (tertiary/aromatic N) is 3. The van der Waals surface area contributed by atoms with E-state index in [1.165, 1.54) is 19.1 Å². The summed E-state index contributed by atoms with van der Waals surface area (Å²) in [6.07, 6.45) is 2.26. The van der Waals surface area contributed by atoms with Gasteiger partial charge in [0.2, 0.25) is 5.91 Å². The van der Waals surface area contributed by atoms with Crippen molar-refractivity contribution in [2.75, 3.05) is 23.9 Å². The van der Waals surface area contributed by atoms with Crippen molar-refractivity contribution in [1.82, 2.24) is 9.80 Å². The van der Waals surface area contributed by atoms with Crippen LogP contribution in [0.25, 0.3) is 0 Å². The summed E-state index contributed by atoms with van der Waals surface area (Å²) < 4.78 is 33.8. The molecule has 11 heteroatoms. The van der Waals surface area contributed by atoms with Gasteiger partial charge < -0.3 is 20.3 Å². The quantitative estimate of drug-likeness (QED) is 0.412. The molecule has 0 atom stereocenters. The molecule has 10 nitrogen and oxygen atoms in total. The third-order valence-electron chi connectivity index (χ3n) is 6.64. The number of guanidine groups is 1. The molecule has 1 fully saturated rings. The molecule has 192 valence electrons. The SMILES string of the molecule is CC(=N)N1CCC(Oc2ccc(S(=O)(=O)N(C(C)=O)c3ccc4c(c3)CN(C(=N)N)CC4)cc2)CC1. The molecule has 0 aliphatic carbocycles. The van der Waals surface area contributed by atoms with Gasteiger partial charge in [0.1, 0.15) is 11.9 Å². The van der Waals surface area contributed by atoms with Crippen LogP contribution >= 0.6 is 0 Å². The lowest BCUT2D eigenvalue weighted by molar-refractivity contribution is -0.115. The first kappa shape index (κ1) is 25.5. The maximum atomic E-state index is 13.5. The standard InChI is InChI=1S/C25H32N6O4S/c1-17(26)29-13-10-23(11-14-29)35-22-5-7-24(8-6-22)36(33,34)31(18(2)32)21-4-3-19-9-12-30(25(27)28)16-20(19)15-21/h3-8,15,23,26H,9-14,16H2,1-2H3,(H3,27,28). The van der Waals surface area contributed by atoms with Gasteiger partial charge in [-0.1, -0.05) is 6.07 Å². The summed E-state index contributed by atoms with van der Waals surface area (Å²) in [4.78, 5) is 16.2. The van der Waals surface area contributed by atoms with Crippen molar-refractivity contribution in [1.29, 1.82) is 10.8 Å². The van der Waals surface area contributed by atoms with E-state index >= 15 is 0 Å². The van der Waals surface area contributed by atoms with Gasteiger partial charge in [0.25, 0.3) is 10.0 Å². The number of fused-ring (bicyclic) bond motifs is 1.